The standard InChI is InChI=1S/C20H17Br2N7OS/c21-14-6-1-3-10(28-14)7-25-12-4-2-5-13(15(12)18(22)23)29-20(30)11-8-31-17-16(11)26-9-27-19(17)24/h1-6,8-9,20,23,25,29-30H,7H2,(H2,24,26,27). The molecule has 4 rings (SSSR count). The van der Waals surface area contributed by atoms with Gasteiger partial charge in [0.2, 0.25) is 0 Å². The van der Waals surface area contributed by atoms with Gasteiger partial charge >= 0.3 is 0 Å². The van der Waals surface area contributed by atoms with Crippen molar-refractivity contribution < 1.29 is 5.11 Å². The molecule has 0 aliphatic heterocycles. The van der Waals surface area contributed by atoms with E-state index >= 15 is 0 Å². The number of aliphatic hydroxyl groups excluding tert-OH is 1. The maximum Gasteiger partial charge on any atom is 0.153 e. The first-order valence-corrected chi connectivity index (χ1v) is 11.6. The molecule has 11 heteroatoms. The van der Waals surface area contributed by atoms with Crippen molar-refractivity contribution in [3.8, 4) is 0 Å². The number of nitrogen functional groups attached to an aromatic ring is 1. The van der Waals surface area contributed by atoms with Gasteiger partial charge in [0.05, 0.1) is 28.0 Å². The van der Waals surface area contributed by atoms with E-state index in [0.29, 0.717) is 34.7 Å². The van der Waals surface area contributed by atoms with Crippen LogP contribution < -0.4 is 16.4 Å². The summed E-state index contributed by atoms with van der Waals surface area (Å²) in [5, 5.41) is 27.3. The van der Waals surface area contributed by atoms with Crippen LogP contribution in [-0.2, 0) is 6.54 Å². The number of thiophene rings is 1. The molecule has 0 saturated carbocycles. The van der Waals surface area contributed by atoms with Crippen LogP contribution in [0.5, 0.6) is 0 Å². The van der Waals surface area contributed by atoms with Crippen molar-refractivity contribution >= 4 is 75.2 Å². The van der Waals surface area contributed by atoms with E-state index in [2.05, 4.69) is 57.4 Å². The summed E-state index contributed by atoms with van der Waals surface area (Å²) in [6.45, 7) is 0.476. The highest BCUT2D eigenvalue weighted by Crippen LogP contribution is 2.34. The minimum atomic E-state index is -1.05. The van der Waals surface area contributed by atoms with Gasteiger partial charge in [0.25, 0.3) is 0 Å². The lowest BCUT2D eigenvalue weighted by atomic mass is 10.1. The quantitative estimate of drug-likeness (QED) is 0.123. The van der Waals surface area contributed by atoms with Gasteiger partial charge in [0.1, 0.15) is 21.4 Å². The monoisotopic (exact) mass is 561 g/mol. The Morgan fingerprint density at radius 3 is 2.74 bits per heavy atom. The molecule has 0 radical (unpaired) electrons. The molecule has 3 heterocycles. The molecule has 0 spiro atoms. The number of rotatable bonds is 7. The Kier molecular flexibility index (Phi) is 6.46. The zero-order chi connectivity index (χ0) is 22.0. The van der Waals surface area contributed by atoms with Crippen LogP contribution in [0.4, 0.5) is 17.2 Å². The summed E-state index contributed by atoms with van der Waals surface area (Å²) < 4.78 is 1.66. The summed E-state index contributed by atoms with van der Waals surface area (Å²) in [6, 6.07) is 11.2. The lowest BCUT2D eigenvalue weighted by Gasteiger charge is -2.19. The molecule has 0 saturated heterocycles. The molecule has 31 heavy (non-hydrogen) atoms. The second-order valence-electron chi connectivity index (χ2n) is 6.52. The van der Waals surface area contributed by atoms with Crippen LogP contribution in [-0.4, -0.2) is 24.7 Å². The molecular weight excluding hydrogens is 546 g/mol. The summed E-state index contributed by atoms with van der Waals surface area (Å²) in [6.07, 6.45) is 0.330. The fourth-order valence-electron chi connectivity index (χ4n) is 3.10. The molecule has 0 amide bonds. The van der Waals surface area contributed by atoms with Gasteiger partial charge in [0, 0.05) is 22.3 Å². The summed E-state index contributed by atoms with van der Waals surface area (Å²) in [7, 11) is 0. The fourth-order valence-corrected chi connectivity index (χ4v) is 4.85. The Morgan fingerprint density at radius 1 is 1.19 bits per heavy atom. The number of hydrogen-bond donors (Lipinski definition) is 5. The number of halogens is 2. The first-order valence-electron chi connectivity index (χ1n) is 9.09. The summed E-state index contributed by atoms with van der Waals surface area (Å²) >= 11 is 8.02. The Balaban J connectivity index is 1.61. The van der Waals surface area contributed by atoms with E-state index in [1.54, 1.807) is 11.4 Å². The highest BCUT2D eigenvalue weighted by molar-refractivity contribution is 9.18. The first kappa shape index (κ1) is 21.6. The fraction of sp³-hybridized carbons (Fsp3) is 0.100. The van der Waals surface area contributed by atoms with Crippen LogP contribution in [0.25, 0.3) is 10.2 Å². The van der Waals surface area contributed by atoms with Crippen LogP contribution in [0.2, 0.25) is 0 Å². The third-order valence-electron chi connectivity index (χ3n) is 4.51. The molecule has 0 aliphatic rings. The van der Waals surface area contributed by atoms with Crippen molar-refractivity contribution in [2.24, 2.45) is 0 Å². The highest BCUT2D eigenvalue weighted by Gasteiger charge is 2.19. The zero-order valence-electron chi connectivity index (χ0n) is 15.9. The van der Waals surface area contributed by atoms with Crippen LogP contribution in [0, 0.1) is 5.41 Å². The van der Waals surface area contributed by atoms with Crippen LogP contribution >= 0.6 is 43.2 Å². The minimum absolute atomic E-state index is 0.175. The van der Waals surface area contributed by atoms with Crippen LogP contribution in [0.3, 0.4) is 0 Å². The van der Waals surface area contributed by atoms with Crippen molar-refractivity contribution in [2.45, 2.75) is 12.8 Å². The average molecular weight is 563 g/mol. The Bertz CT molecular complexity index is 1260. The number of nitrogens with one attached hydrogen (secondary N) is 3. The zero-order valence-corrected chi connectivity index (χ0v) is 19.9. The van der Waals surface area contributed by atoms with Gasteiger partial charge in [-0.25, -0.2) is 15.0 Å². The smallest absolute Gasteiger partial charge is 0.153 e. The van der Waals surface area contributed by atoms with Crippen molar-refractivity contribution in [3.63, 3.8) is 0 Å². The highest BCUT2D eigenvalue weighted by atomic mass is 79.9. The lowest BCUT2D eigenvalue weighted by molar-refractivity contribution is 0.210. The van der Waals surface area contributed by atoms with E-state index in [1.807, 2.05) is 30.3 Å². The van der Waals surface area contributed by atoms with Gasteiger partial charge in [-0.05, 0) is 56.1 Å². The molecule has 3 aromatic heterocycles. The number of nitrogens with zero attached hydrogens (tertiary/aromatic N) is 3. The average Bonchev–Trinajstić information content (AvgIpc) is 3.18. The van der Waals surface area contributed by atoms with E-state index in [9.17, 15) is 5.11 Å². The number of nitrogens with two attached hydrogens (primary N) is 1. The number of anilines is 3. The number of pyridine rings is 1. The molecule has 1 atom stereocenters. The number of benzene rings is 1. The molecule has 1 unspecified atom stereocenters. The second-order valence-corrected chi connectivity index (χ2v) is 9.01. The first-order chi connectivity index (χ1) is 14.9. The second kappa shape index (κ2) is 9.27. The molecule has 6 N–H and O–H groups in total. The van der Waals surface area contributed by atoms with E-state index < -0.39 is 6.23 Å². The number of aromatic nitrogens is 3. The van der Waals surface area contributed by atoms with Crippen LogP contribution in [0.15, 0.2) is 52.7 Å². The summed E-state index contributed by atoms with van der Waals surface area (Å²) in [4.78, 5) is 12.7. The van der Waals surface area contributed by atoms with E-state index in [4.69, 9.17) is 11.1 Å². The van der Waals surface area contributed by atoms with E-state index in [1.165, 1.54) is 17.7 Å². The third kappa shape index (κ3) is 4.69. The molecule has 158 valence electrons. The molecule has 1 aromatic carbocycles. The predicted octanol–water partition coefficient (Wildman–Crippen LogP) is 4.87. The molecule has 0 bridgehead atoms. The maximum atomic E-state index is 10.9. The van der Waals surface area contributed by atoms with Crippen molar-refractivity contribution in [3.05, 3.63) is 69.5 Å². The van der Waals surface area contributed by atoms with Gasteiger partial charge in [-0.3, -0.25) is 5.41 Å². The van der Waals surface area contributed by atoms with Gasteiger partial charge in [0.15, 0.2) is 6.23 Å². The Morgan fingerprint density at radius 2 is 1.97 bits per heavy atom. The minimum Gasteiger partial charge on any atom is -0.382 e. The Labute approximate surface area is 198 Å². The third-order valence-corrected chi connectivity index (χ3v) is 6.36. The molecule has 0 fully saturated rings. The molecule has 4 aromatic rings. The normalized spacial score (nSPS) is 12.0. The van der Waals surface area contributed by atoms with Gasteiger partial charge in [-0.2, -0.15) is 0 Å². The van der Waals surface area contributed by atoms with Crippen molar-refractivity contribution in [1.29, 1.82) is 5.41 Å². The maximum absolute atomic E-state index is 10.9. The largest absolute Gasteiger partial charge is 0.382 e. The van der Waals surface area contributed by atoms with E-state index in [-0.39, 0.29) is 4.62 Å². The molecular formula is C20H17Br2N7OS. The predicted molar refractivity (Wildman–Crippen MR) is 132 cm³/mol. The topological polar surface area (TPSA) is 133 Å². The molecule has 0 aliphatic carbocycles. The lowest BCUT2D eigenvalue weighted by Crippen LogP contribution is -2.13. The van der Waals surface area contributed by atoms with E-state index in [0.717, 1.165) is 20.7 Å². The van der Waals surface area contributed by atoms with Gasteiger partial charge < -0.3 is 21.5 Å². The summed E-state index contributed by atoms with van der Waals surface area (Å²) in [5.41, 5.74) is 9.85. The number of aliphatic hydroxyl groups is 1. The SMILES string of the molecule is N=C(Br)c1c(NCc2cccc(Br)n2)cccc1NC(O)c1csc2c(N)ncnc12. The molecule has 8 nitrogen and oxygen atoms in total. The van der Waals surface area contributed by atoms with Crippen molar-refractivity contribution in [1.82, 2.24) is 15.0 Å². The summed E-state index contributed by atoms with van der Waals surface area (Å²) in [5.74, 6) is 0.378. The van der Waals surface area contributed by atoms with Crippen molar-refractivity contribution in [2.75, 3.05) is 16.4 Å². The number of hydrogen-bond acceptors (Lipinski definition) is 9. The number of fused-ring (bicyclic) bond motifs is 1. The Hall–Kier alpha value is -2.60. The van der Waals surface area contributed by atoms with Gasteiger partial charge in [-0.15, -0.1) is 11.3 Å². The van der Waals surface area contributed by atoms with Gasteiger partial charge in [-0.1, -0.05) is 12.1 Å². The van der Waals surface area contributed by atoms with Crippen LogP contribution in [0.1, 0.15) is 23.0 Å².